The van der Waals surface area contributed by atoms with Gasteiger partial charge in [0.15, 0.2) is 5.78 Å². The van der Waals surface area contributed by atoms with Crippen LogP contribution in [-0.2, 0) is 4.79 Å². The van der Waals surface area contributed by atoms with Crippen LogP contribution in [0.5, 0.6) is 0 Å². The lowest BCUT2D eigenvalue weighted by molar-refractivity contribution is -0.114. The van der Waals surface area contributed by atoms with E-state index in [4.69, 9.17) is 0 Å². The van der Waals surface area contributed by atoms with E-state index in [1.807, 2.05) is 18.2 Å². The van der Waals surface area contributed by atoms with Crippen LogP contribution < -0.4 is 0 Å². The Labute approximate surface area is 76.4 Å². The summed E-state index contributed by atoms with van der Waals surface area (Å²) in [5.41, 5.74) is 0.794. The van der Waals surface area contributed by atoms with Crippen molar-refractivity contribution in [1.29, 1.82) is 0 Å². The van der Waals surface area contributed by atoms with Crippen LogP contribution in [0.1, 0.15) is 6.42 Å². The molecule has 3 heteroatoms. The van der Waals surface area contributed by atoms with Gasteiger partial charge in [0.05, 0.1) is 3.74 Å². The molecule has 0 radical (unpaired) electrons. The minimum Gasteiger partial charge on any atom is -0.294 e. The van der Waals surface area contributed by atoms with Crippen molar-refractivity contribution < 1.29 is 4.79 Å². The Morgan fingerprint density at radius 1 is 1.50 bits per heavy atom. The van der Waals surface area contributed by atoms with E-state index in [2.05, 4.69) is 31.9 Å². The molecule has 0 aromatic carbocycles. The van der Waals surface area contributed by atoms with Gasteiger partial charge >= 0.3 is 0 Å². The van der Waals surface area contributed by atoms with Crippen LogP contribution in [0.4, 0.5) is 0 Å². The predicted molar refractivity (Wildman–Crippen MR) is 48.5 cm³/mol. The first kappa shape index (κ1) is 8.21. The quantitative estimate of drug-likeness (QED) is 0.666. The van der Waals surface area contributed by atoms with Crippen LogP contribution in [0.15, 0.2) is 23.8 Å². The first-order valence-corrected chi connectivity index (χ1v) is 4.73. The van der Waals surface area contributed by atoms with Gasteiger partial charge in [-0.05, 0) is 0 Å². The summed E-state index contributed by atoms with van der Waals surface area (Å²) in [7, 11) is 0. The molecule has 1 nitrogen and oxygen atoms in total. The largest absolute Gasteiger partial charge is 0.294 e. The molecule has 0 amide bonds. The van der Waals surface area contributed by atoms with Crippen molar-refractivity contribution >= 4 is 37.6 Å². The van der Waals surface area contributed by atoms with Crippen LogP contribution in [0.25, 0.3) is 0 Å². The summed E-state index contributed by atoms with van der Waals surface area (Å²) in [5.74, 6) is 0.182. The third-order valence-corrected chi connectivity index (χ3v) is 2.26. The fourth-order valence-electron chi connectivity index (χ4n) is 0.752. The average molecular weight is 266 g/mol. The second-order valence-corrected chi connectivity index (χ2v) is 5.04. The van der Waals surface area contributed by atoms with E-state index < -0.39 is 0 Å². The van der Waals surface area contributed by atoms with Crippen LogP contribution >= 0.6 is 31.9 Å². The van der Waals surface area contributed by atoms with Crippen molar-refractivity contribution in [3.63, 3.8) is 0 Å². The van der Waals surface area contributed by atoms with Gasteiger partial charge in [0.1, 0.15) is 0 Å². The van der Waals surface area contributed by atoms with Gasteiger partial charge < -0.3 is 0 Å². The minimum atomic E-state index is -0.00236. The Kier molecular flexibility index (Phi) is 2.86. The second-order valence-electron chi connectivity index (χ2n) is 1.98. The van der Waals surface area contributed by atoms with Gasteiger partial charge in [-0.2, -0.15) is 0 Å². The molecule has 54 valence electrons. The van der Waals surface area contributed by atoms with Gasteiger partial charge in [0.2, 0.25) is 0 Å². The van der Waals surface area contributed by atoms with E-state index in [0.29, 0.717) is 6.42 Å². The highest BCUT2D eigenvalue weighted by atomic mass is 79.9. The fourth-order valence-corrected chi connectivity index (χ4v) is 1.57. The summed E-state index contributed by atoms with van der Waals surface area (Å²) >= 11 is 6.54. The Morgan fingerprint density at radius 2 is 2.20 bits per heavy atom. The average Bonchev–Trinajstić information content (AvgIpc) is 1.88. The molecule has 0 unspecified atom stereocenters. The number of Topliss-reactive ketones (excluding diaryl/α,β-unsaturated/α-hetero) is 1. The molecule has 1 aliphatic rings. The van der Waals surface area contributed by atoms with Crippen molar-refractivity contribution in [1.82, 2.24) is 0 Å². The standard InChI is InChI=1S/C7H6Br2O/c8-7(9)5-3-1-2-4-6(5)10/h1-3,7H,4H2. The number of alkyl halides is 2. The van der Waals surface area contributed by atoms with Crippen LogP contribution in [0.2, 0.25) is 0 Å². The summed E-state index contributed by atoms with van der Waals surface area (Å²) < 4.78 is -0.00236. The molecule has 0 aliphatic heterocycles. The summed E-state index contributed by atoms with van der Waals surface area (Å²) in [6, 6.07) is 0. The van der Waals surface area contributed by atoms with Crippen LogP contribution in [0.3, 0.4) is 0 Å². The molecule has 0 aromatic rings. The molecule has 1 aliphatic carbocycles. The van der Waals surface area contributed by atoms with Crippen LogP contribution in [-0.4, -0.2) is 9.52 Å². The van der Waals surface area contributed by atoms with E-state index in [9.17, 15) is 4.79 Å². The molecule has 0 bridgehead atoms. The third-order valence-electron chi connectivity index (χ3n) is 1.27. The molecule has 0 atom stereocenters. The van der Waals surface area contributed by atoms with Gasteiger partial charge in [-0.1, -0.05) is 50.1 Å². The van der Waals surface area contributed by atoms with Crippen molar-refractivity contribution in [2.45, 2.75) is 10.2 Å². The van der Waals surface area contributed by atoms with E-state index in [1.165, 1.54) is 0 Å². The SMILES string of the molecule is O=C1CC=CC=C1C(Br)Br. The molecule has 0 spiro atoms. The lowest BCUT2D eigenvalue weighted by Crippen LogP contribution is -2.08. The number of ketones is 1. The van der Waals surface area contributed by atoms with Crippen molar-refractivity contribution in [2.24, 2.45) is 0 Å². The number of allylic oxidation sites excluding steroid dienone is 4. The molecule has 0 fully saturated rings. The summed E-state index contributed by atoms with van der Waals surface area (Å²) in [4.78, 5) is 11.1. The fraction of sp³-hybridized carbons (Fsp3) is 0.286. The maximum atomic E-state index is 11.1. The summed E-state index contributed by atoms with van der Waals surface area (Å²) in [5, 5.41) is 0. The maximum absolute atomic E-state index is 11.1. The highest BCUT2D eigenvalue weighted by Crippen LogP contribution is 2.22. The van der Waals surface area contributed by atoms with Gasteiger partial charge in [-0.3, -0.25) is 4.79 Å². The number of carbonyl (C=O) groups excluding carboxylic acids is 1. The number of hydrogen-bond donors (Lipinski definition) is 0. The monoisotopic (exact) mass is 264 g/mol. The Morgan fingerprint density at radius 3 is 2.60 bits per heavy atom. The van der Waals surface area contributed by atoms with E-state index in [-0.39, 0.29) is 9.52 Å². The maximum Gasteiger partial charge on any atom is 0.164 e. The molecule has 0 N–H and O–H groups in total. The van der Waals surface area contributed by atoms with Gasteiger partial charge in [0.25, 0.3) is 0 Å². The number of hydrogen-bond acceptors (Lipinski definition) is 1. The Balaban J connectivity index is 2.80. The summed E-state index contributed by atoms with van der Waals surface area (Å²) in [6.45, 7) is 0. The van der Waals surface area contributed by atoms with E-state index >= 15 is 0 Å². The second kappa shape index (κ2) is 3.49. The normalized spacial score (nSPS) is 17.9. The minimum absolute atomic E-state index is 0.00236. The highest BCUT2D eigenvalue weighted by molar-refractivity contribution is 9.24. The molecule has 1 rings (SSSR count). The Hall–Kier alpha value is 0.110. The van der Waals surface area contributed by atoms with E-state index in [0.717, 1.165) is 5.57 Å². The number of rotatable bonds is 1. The zero-order chi connectivity index (χ0) is 7.56. The number of carbonyl (C=O) groups is 1. The lowest BCUT2D eigenvalue weighted by atomic mass is 10.1. The van der Waals surface area contributed by atoms with Crippen LogP contribution in [0, 0.1) is 0 Å². The van der Waals surface area contributed by atoms with Gasteiger partial charge in [0, 0.05) is 12.0 Å². The first-order chi connectivity index (χ1) is 4.72. The zero-order valence-electron chi connectivity index (χ0n) is 5.18. The third kappa shape index (κ3) is 1.80. The predicted octanol–water partition coefficient (Wildman–Crippen LogP) is 2.56. The molecule has 0 aromatic heterocycles. The van der Waals surface area contributed by atoms with Crippen molar-refractivity contribution in [3.8, 4) is 0 Å². The van der Waals surface area contributed by atoms with Crippen molar-refractivity contribution in [2.75, 3.05) is 0 Å². The molecular weight excluding hydrogens is 260 g/mol. The van der Waals surface area contributed by atoms with Crippen molar-refractivity contribution in [3.05, 3.63) is 23.8 Å². The lowest BCUT2D eigenvalue weighted by Gasteiger charge is -2.07. The topological polar surface area (TPSA) is 17.1 Å². The zero-order valence-corrected chi connectivity index (χ0v) is 8.35. The molecule has 0 saturated carbocycles. The number of halogens is 2. The van der Waals surface area contributed by atoms with E-state index in [1.54, 1.807) is 0 Å². The highest BCUT2D eigenvalue weighted by Gasteiger charge is 2.15. The molecule has 0 heterocycles. The smallest absolute Gasteiger partial charge is 0.164 e. The van der Waals surface area contributed by atoms with Gasteiger partial charge in [-0.15, -0.1) is 0 Å². The Bertz CT molecular complexity index is 204. The molecular formula is C7H6Br2O. The van der Waals surface area contributed by atoms with Gasteiger partial charge in [-0.25, -0.2) is 0 Å². The summed E-state index contributed by atoms with van der Waals surface area (Å²) in [6.07, 6.45) is 6.10. The molecule has 10 heavy (non-hydrogen) atoms. The first-order valence-electron chi connectivity index (χ1n) is 2.90. The molecule has 0 saturated heterocycles.